The zero-order valence-electron chi connectivity index (χ0n) is 15.7. The van der Waals surface area contributed by atoms with Crippen LogP contribution in [0.15, 0.2) is 6.07 Å². The molecule has 0 aliphatic carbocycles. The van der Waals surface area contributed by atoms with Crippen molar-refractivity contribution >= 4 is 17.7 Å². The molecule has 2 atom stereocenters. The van der Waals surface area contributed by atoms with E-state index in [0.29, 0.717) is 25.9 Å². The zero-order valence-corrected chi connectivity index (χ0v) is 15.7. The average molecular weight is 402 g/mol. The summed E-state index contributed by atoms with van der Waals surface area (Å²) in [5, 5.41) is 20.2. The molecule has 10 heteroatoms. The molecule has 0 aromatic carbocycles. The molecule has 2 aliphatic heterocycles. The highest BCUT2D eigenvalue weighted by Gasteiger charge is 2.48. The highest BCUT2D eigenvalue weighted by Crippen LogP contribution is 2.39. The molecule has 0 saturated carbocycles. The molecule has 3 rings (SSSR count). The van der Waals surface area contributed by atoms with Gasteiger partial charge in [-0.25, -0.2) is 4.98 Å². The third-order valence-electron chi connectivity index (χ3n) is 5.69. The van der Waals surface area contributed by atoms with Crippen LogP contribution >= 0.6 is 0 Å². The van der Waals surface area contributed by atoms with Crippen molar-refractivity contribution in [1.82, 2.24) is 9.97 Å². The number of piperidine rings is 1. The molecule has 7 nitrogen and oxygen atoms in total. The molecule has 3 heterocycles. The van der Waals surface area contributed by atoms with Crippen LogP contribution in [0.5, 0.6) is 0 Å². The number of carboxylic acid groups (broad SMARTS) is 1. The molecule has 2 saturated heterocycles. The van der Waals surface area contributed by atoms with E-state index >= 15 is 0 Å². The summed E-state index contributed by atoms with van der Waals surface area (Å²) in [4.78, 5) is 23.0. The van der Waals surface area contributed by atoms with Gasteiger partial charge in [0.25, 0.3) is 0 Å². The number of β-amino-alcohol motifs (C(OH)–C–C–N with tert-alkyl or cyclic N) is 1. The van der Waals surface area contributed by atoms with Gasteiger partial charge in [-0.1, -0.05) is 13.3 Å². The second-order valence-electron chi connectivity index (χ2n) is 7.53. The number of halogens is 3. The Morgan fingerprint density at radius 1 is 1.25 bits per heavy atom. The number of aromatic nitrogens is 2. The number of hydrogen-bond acceptors (Lipinski definition) is 6. The summed E-state index contributed by atoms with van der Waals surface area (Å²) in [5.41, 5.74) is -2.30. The first kappa shape index (κ1) is 20.6. The fourth-order valence-corrected chi connectivity index (χ4v) is 4.07. The van der Waals surface area contributed by atoms with Gasteiger partial charge in [-0.15, -0.1) is 0 Å². The van der Waals surface area contributed by atoms with Crippen LogP contribution in [0.1, 0.15) is 44.7 Å². The van der Waals surface area contributed by atoms with Crippen LogP contribution in [0.3, 0.4) is 0 Å². The summed E-state index contributed by atoms with van der Waals surface area (Å²) in [6, 6.07) is 0.875. The van der Waals surface area contributed by atoms with E-state index in [-0.39, 0.29) is 31.3 Å². The van der Waals surface area contributed by atoms with Gasteiger partial charge in [0.2, 0.25) is 5.95 Å². The van der Waals surface area contributed by atoms with Crippen molar-refractivity contribution in [3.63, 3.8) is 0 Å². The van der Waals surface area contributed by atoms with Crippen LogP contribution in [-0.4, -0.2) is 58.4 Å². The number of aliphatic hydroxyl groups is 1. The minimum Gasteiger partial charge on any atom is -0.481 e. The van der Waals surface area contributed by atoms with Crippen LogP contribution < -0.4 is 9.80 Å². The first-order chi connectivity index (χ1) is 13.2. The summed E-state index contributed by atoms with van der Waals surface area (Å²) < 4.78 is 40.1. The van der Waals surface area contributed by atoms with Crippen LogP contribution in [-0.2, 0) is 11.0 Å². The predicted octanol–water partition coefficient (Wildman–Crippen LogP) is 2.54. The fourth-order valence-electron chi connectivity index (χ4n) is 4.07. The van der Waals surface area contributed by atoms with Crippen molar-refractivity contribution < 1.29 is 28.2 Å². The highest BCUT2D eigenvalue weighted by atomic mass is 19.4. The first-order valence-electron chi connectivity index (χ1n) is 9.55. The number of carboxylic acids is 1. The Labute approximate surface area is 161 Å². The van der Waals surface area contributed by atoms with E-state index < -0.39 is 29.4 Å². The number of hydrogen-bond donors (Lipinski definition) is 2. The fraction of sp³-hybridized carbons (Fsp3) is 0.722. The topological polar surface area (TPSA) is 89.8 Å². The number of anilines is 2. The number of rotatable bonds is 5. The lowest BCUT2D eigenvalue weighted by Crippen LogP contribution is -2.55. The van der Waals surface area contributed by atoms with Crippen molar-refractivity contribution in [2.75, 3.05) is 36.0 Å². The number of aliphatic carboxylic acids is 1. The molecule has 28 heavy (non-hydrogen) atoms. The van der Waals surface area contributed by atoms with Gasteiger partial charge < -0.3 is 20.0 Å². The lowest BCUT2D eigenvalue weighted by molar-refractivity contribution is -0.159. The largest absolute Gasteiger partial charge is 0.481 e. The van der Waals surface area contributed by atoms with Crippen LogP contribution in [0.25, 0.3) is 0 Å². The van der Waals surface area contributed by atoms with E-state index in [1.165, 1.54) is 4.90 Å². The molecule has 2 N–H and O–H groups in total. The highest BCUT2D eigenvalue weighted by molar-refractivity contribution is 5.76. The van der Waals surface area contributed by atoms with E-state index in [9.17, 15) is 28.2 Å². The van der Waals surface area contributed by atoms with Crippen LogP contribution in [0.2, 0.25) is 0 Å². The van der Waals surface area contributed by atoms with Gasteiger partial charge in [-0.05, 0) is 25.7 Å². The number of alkyl halides is 3. The predicted molar refractivity (Wildman–Crippen MR) is 96.3 cm³/mol. The smallest absolute Gasteiger partial charge is 0.433 e. The Balaban J connectivity index is 1.91. The first-order valence-corrected chi connectivity index (χ1v) is 9.55. The Kier molecular flexibility index (Phi) is 5.69. The SMILES string of the molecule is CCC[C@]1(C(=O)O)CCN(c2cc(C(F)(F)F)nc(N3CCCC3)n2)C[C@H]1O. The molecular weight excluding hydrogens is 377 g/mol. The molecule has 0 radical (unpaired) electrons. The molecule has 0 bridgehead atoms. The van der Waals surface area contributed by atoms with Gasteiger partial charge in [0.05, 0.1) is 11.5 Å². The van der Waals surface area contributed by atoms with Gasteiger partial charge in [0.1, 0.15) is 5.82 Å². The summed E-state index contributed by atoms with van der Waals surface area (Å²) in [6.45, 7) is 3.16. The molecule has 1 aromatic heterocycles. The van der Waals surface area contributed by atoms with E-state index in [1.54, 1.807) is 4.90 Å². The third-order valence-corrected chi connectivity index (χ3v) is 5.69. The minimum atomic E-state index is -4.62. The Morgan fingerprint density at radius 3 is 2.46 bits per heavy atom. The Bertz CT molecular complexity index is 725. The normalized spacial score (nSPS) is 26.0. The van der Waals surface area contributed by atoms with Crippen molar-refractivity contribution in [3.05, 3.63) is 11.8 Å². The van der Waals surface area contributed by atoms with E-state index in [4.69, 9.17) is 0 Å². The summed E-state index contributed by atoms with van der Waals surface area (Å²) in [6.07, 6.45) is -3.03. The van der Waals surface area contributed by atoms with Crippen molar-refractivity contribution in [1.29, 1.82) is 0 Å². The summed E-state index contributed by atoms with van der Waals surface area (Å²) >= 11 is 0. The van der Waals surface area contributed by atoms with Gasteiger partial charge in [-0.2, -0.15) is 18.2 Å². The molecule has 1 aromatic rings. The number of carbonyl (C=O) groups is 1. The Hall–Kier alpha value is -2.10. The second kappa shape index (κ2) is 7.73. The van der Waals surface area contributed by atoms with Crippen molar-refractivity contribution in [2.24, 2.45) is 5.41 Å². The van der Waals surface area contributed by atoms with Gasteiger partial charge >= 0.3 is 12.1 Å². The standard InChI is InChI=1S/C18H25F3N4O3/c1-2-5-17(15(27)28)6-9-25(11-13(17)26)14-10-12(18(19,20)21)22-16(23-14)24-7-3-4-8-24/h10,13,26H,2-9,11H2,1H3,(H,27,28)/t13-,17+/m1/s1. The maximum absolute atomic E-state index is 13.4. The molecule has 156 valence electrons. The van der Waals surface area contributed by atoms with Gasteiger partial charge in [0.15, 0.2) is 5.69 Å². The quantitative estimate of drug-likeness (QED) is 0.782. The molecule has 2 aliphatic rings. The molecular formula is C18H25F3N4O3. The minimum absolute atomic E-state index is 0.0282. The number of aliphatic hydroxyl groups excluding tert-OH is 1. The summed E-state index contributed by atoms with van der Waals surface area (Å²) in [7, 11) is 0. The Morgan fingerprint density at radius 2 is 1.93 bits per heavy atom. The van der Waals surface area contributed by atoms with Gasteiger partial charge in [0, 0.05) is 32.2 Å². The van der Waals surface area contributed by atoms with Crippen molar-refractivity contribution in [2.45, 2.75) is 51.3 Å². The van der Waals surface area contributed by atoms with Crippen molar-refractivity contribution in [3.8, 4) is 0 Å². The third kappa shape index (κ3) is 3.87. The monoisotopic (exact) mass is 402 g/mol. The average Bonchev–Trinajstić information content (AvgIpc) is 3.17. The van der Waals surface area contributed by atoms with E-state index in [2.05, 4.69) is 9.97 Å². The number of nitrogens with zero attached hydrogens (tertiary/aromatic N) is 4. The van der Waals surface area contributed by atoms with Crippen LogP contribution in [0, 0.1) is 5.41 Å². The maximum atomic E-state index is 13.4. The van der Waals surface area contributed by atoms with Gasteiger partial charge in [-0.3, -0.25) is 4.79 Å². The summed E-state index contributed by atoms with van der Waals surface area (Å²) in [5.74, 6) is -0.975. The lowest BCUT2D eigenvalue weighted by Gasteiger charge is -2.43. The molecule has 0 amide bonds. The molecule has 2 fully saturated rings. The lowest BCUT2D eigenvalue weighted by atomic mass is 9.73. The second-order valence-corrected chi connectivity index (χ2v) is 7.53. The maximum Gasteiger partial charge on any atom is 0.433 e. The zero-order chi connectivity index (χ0) is 20.5. The van der Waals surface area contributed by atoms with E-state index in [0.717, 1.165) is 18.9 Å². The molecule has 0 unspecified atom stereocenters. The van der Waals surface area contributed by atoms with E-state index in [1.807, 2.05) is 6.92 Å². The van der Waals surface area contributed by atoms with Crippen LogP contribution in [0.4, 0.5) is 24.9 Å². The molecule has 0 spiro atoms.